The topological polar surface area (TPSA) is 0 Å². The van der Waals surface area contributed by atoms with Crippen molar-refractivity contribution in [3.63, 3.8) is 0 Å². The van der Waals surface area contributed by atoms with Crippen molar-refractivity contribution >= 4 is 0 Å². The molecule has 15 heavy (non-hydrogen) atoms. The van der Waals surface area contributed by atoms with Gasteiger partial charge < -0.3 is 0 Å². The maximum Gasteiger partial charge on any atom is -0.0386 e. The molecule has 1 saturated carbocycles. The van der Waals surface area contributed by atoms with E-state index in [-0.39, 0.29) is 0 Å². The fraction of sp³-hybridized carbons (Fsp3) is 0.933. The van der Waals surface area contributed by atoms with E-state index in [0.717, 1.165) is 18.3 Å². The van der Waals surface area contributed by atoms with Crippen LogP contribution in [0.3, 0.4) is 0 Å². The molecule has 0 nitrogen and oxygen atoms in total. The molecule has 0 aromatic heterocycles. The number of rotatable bonds is 7. The highest BCUT2D eigenvalue weighted by molar-refractivity contribution is 4.74. The molecule has 0 spiro atoms. The van der Waals surface area contributed by atoms with Crippen LogP contribution in [0.1, 0.15) is 77.6 Å². The first-order chi connectivity index (χ1) is 7.38. The normalized spacial score (nSPS) is 18.6. The fourth-order valence-electron chi connectivity index (χ4n) is 3.09. The van der Waals surface area contributed by atoms with Crippen LogP contribution in [0, 0.1) is 18.8 Å². The molecule has 1 unspecified atom stereocenters. The van der Waals surface area contributed by atoms with E-state index in [0.29, 0.717) is 0 Å². The standard InChI is InChI=1S/C15H29/c1-3-5-10-14(11-6-4-2)15-12-8-7-9-13-15/h14-15H,1,3-13H2,2H3. The lowest BCUT2D eigenvalue weighted by molar-refractivity contribution is 0.218. The minimum atomic E-state index is 1.03. The molecule has 1 aliphatic carbocycles. The van der Waals surface area contributed by atoms with E-state index in [4.69, 9.17) is 0 Å². The third-order valence-electron chi connectivity index (χ3n) is 4.07. The van der Waals surface area contributed by atoms with Gasteiger partial charge in [0.15, 0.2) is 0 Å². The highest BCUT2D eigenvalue weighted by Gasteiger charge is 2.22. The van der Waals surface area contributed by atoms with Crippen LogP contribution >= 0.6 is 0 Å². The Kier molecular flexibility index (Phi) is 7.13. The van der Waals surface area contributed by atoms with Crippen molar-refractivity contribution < 1.29 is 0 Å². The minimum absolute atomic E-state index is 1.03. The summed E-state index contributed by atoms with van der Waals surface area (Å²) in [5, 5.41) is 0. The molecule has 0 amide bonds. The first-order valence-electron chi connectivity index (χ1n) is 7.17. The lowest BCUT2D eigenvalue weighted by Gasteiger charge is -2.30. The van der Waals surface area contributed by atoms with Crippen LogP contribution in [-0.2, 0) is 0 Å². The molecule has 1 aliphatic rings. The van der Waals surface area contributed by atoms with Crippen molar-refractivity contribution in [1.29, 1.82) is 0 Å². The van der Waals surface area contributed by atoms with E-state index in [1.54, 1.807) is 0 Å². The van der Waals surface area contributed by atoms with E-state index in [9.17, 15) is 0 Å². The Bertz CT molecular complexity index is 125. The summed E-state index contributed by atoms with van der Waals surface area (Å²) < 4.78 is 0. The van der Waals surface area contributed by atoms with Crippen molar-refractivity contribution in [3.05, 3.63) is 6.92 Å². The largest absolute Gasteiger partial charge is 0.0654 e. The molecule has 0 bridgehead atoms. The molecule has 1 fully saturated rings. The molecule has 0 saturated heterocycles. The van der Waals surface area contributed by atoms with Crippen LogP contribution in [0.5, 0.6) is 0 Å². The van der Waals surface area contributed by atoms with Gasteiger partial charge in [-0.25, -0.2) is 0 Å². The summed E-state index contributed by atoms with van der Waals surface area (Å²) in [5.74, 6) is 2.10. The average molecular weight is 209 g/mol. The Balaban J connectivity index is 2.30. The SMILES string of the molecule is [CH2]CCCC(CCCC)C1CCCCC1. The van der Waals surface area contributed by atoms with Gasteiger partial charge in [0.2, 0.25) is 0 Å². The Morgan fingerprint density at radius 2 is 1.73 bits per heavy atom. The van der Waals surface area contributed by atoms with Crippen molar-refractivity contribution in [1.82, 2.24) is 0 Å². The summed E-state index contributed by atoms with van der Waals surface area (Å²) in [6, 6.07) is 0. The van der Waals surface area contributed by atoms with Gasteiger partial charge in [-0.2, -0.15) is 0 Å². The molecule has 1 radical (unpaired) electrons. The molecule has 0 aromatic carbocycles. The van der Waals surface area contributed by atoms with Crippen LogP contribution < -0.4 is 0 Å². The highest BCUT2D eigenvalue weighted by Crippen LogP contribution is 2.35. The van der Waals surface area contributed by atoms with Crippen LogP contribution in [-0.4, -0.2) is 0 Å². The lowest BCUT2D eigenvalue weighted by Crippen LogP contribution is -2.18. The second kappa shape index (κ2) is 8.19. The first-order valence-corrected chi connectivity index (χ1v) is 7.17. The summed E-state index contributed by atoms with van der Waals surface area (Å²) in [4.78, 5) is 0. The van der Waals surface area contributed by atoms with E-state index < -0.39 is 0 Å². The van der Waals surface area contributed by atoms with Crippen LogP contribution in [0.2, 0.25) is 0 Å². The van der Waals surface area contributed by atoms with Gasteiger partial charge in [-0.15, -0.1) is 0 Å². The Labute approximate surface area is 96.8 Å². The Hall–Kier alpha value is 0. The maximum atomic E-state index is 3.98. The molecule has 0 aliphatic heterocycles. The van der Waals surface area contributed by atoms with Crippen molar-refractivity contribution in [3.8, 4) is 0 Å². The first kappa shape index (κ1) is 13.1. The predicted octanol–water partition coefficient (Wildman–Crippen LogP) is 5.38. The molecule has 0 aromatic rings. The molecule has 0 N–H and O–H groups in total. The Morgan fingerprint density at radius 3 is 2.33 bits per heavy atom. The summed E-state index contributed by atoms with van der Waals surface area (Å²) >= 11 is 0. The van der Waals surface area contributed by atoms with E-state index in [1.165, 1.54) is 64.2 Å². The Morgan fingerprint density at radius 1 is 1.07 bits per heavy atom. The molecule has 1 rings (SSSR count). The van der Waals surface area contributed by atoms with Crippen LogP contribution in [0.25, 0.3) is 0 Å². The van der Waals surface area contributed by atoms with Gasteiger partial charge in [0.05, 0.1) is 0 Å². The second-order valence-corrected chi connectivity index (χ2v) is 5.30. The van der Waals surface area contributed by atoms with Gasteiger partial charge in [0.1, 0.15) is 0 Å². The predicted molar refractivity (Wildman–Crippen MR) is 68.8 cm³/mol. The third kappa shape index (κ3) is 5.04. The zero-order valence-corrected chi connectivity index (χ0v) is 10.6. The molecule has 89 valence electrons. The van der Waals surface area contributed by atoms with Gasteiger partial charge in [0.25, 0.3) is 0 Å². The number of unbranched alkanes of at least 4 members (excludes halogenated alkanes) is 2. The summed E-state index contributed by atoms with van der Waals surface area (Å²) in [7, 11) is 0. The van der Waals surface area contributed by atoms with Crippen LogP contribution in [0.4, 0.5) is 0 Å². The van der Waals surface area contributed by atoms with E-state index >= 15 is 0 Å². The van der Waals surface area contributed by atoms with Gasteiger partial charge >= 0.3 is 0 Å². The van der Waals surface area contributed by atoms with E-state index in [1.807, 2.05) is 0 Å². The third-order valence-corrected chi connectivity index (χ3v) is 4.07. The fourth-order valence-corrected chi connectivity index (χ4v) is 3.09. The van der Waals surface area contributed by atoms with Crippen LogP contribution in [0.15, 0.2) is 0 Å². The second-order valence-electron chi connectivity index (χ2n) is 5.30. The minimum Gasteiger partial charge on any atom is -0.0654 e. The smallest absolute Gasteiger partial charge is 0.0386 e. The molecule has 0 heterocycles. The zero-order valence-electron chi connectivity index (χ0n) is 10.6. The van der Waals surface area contributed by atoms with Gasteiger partial charge in [-0.3, -0.25) is 0 Å². The average Bonchev–Trinajstić information content (AvgIpc) is 2.30. The monoisotopic (exact) mass is 209 g/mol. The number of hydrogen-bond donors (Lipinski definition) is 0. The van der Waals surface area contributed by atoms with Crippen molar-refractivity contribution in [2.75, 3.05) is 0 Å². The maximum absolute atomic E-state index is 3.98. The molecular formula is C15H29. The van der Waals surface area contributed by atoms with Gasteiger partial charge in [-0.05, 0) is 11.8 Å². The molecular weight excluding hydrogens is 180 g/mol. The van der Waals surface area contributed by atoms with E-state index in [2.05, 4.69) is 13.8 Å². The lowest BCUT2D eigenvalue weighted by atomic mass is 9.76. The summed E-state index contributed by atoms with van der Waals surface area (Å²) in [6.45, 7) is 6.30. The highest BCUT2D eigenvalue weighted by atomic mass is 14.3. The zero-order chi connectivity index (χ0) is 10.9. The molecule has 0 heteroatoms. The summed E-state index contributed by atoms with van der Waals surface area (Å²) in [6.07, 6.45) is 15.8. The van der Waals surface area contributed by atoms with Gasteiger partial charge in [-0.1, -0.05) is 84.5 Å². The quantitative estimate of drug-likeness (QED) is 0.528. The number of hydrogen-bond acceptors (Lipinski definition) is 0. The van der Waals surface area contributed by atoms with Gasteiger partial charge in [0, 0.05) is 0 Å². The van der Waals surface area contributed by atoms with Crippen molar-refractivity contribution in [2.24, 2.45) is 11.8 Å². The van der Waals surface area contributed by atoms with Crippen molar-refractivity contribution in [2.45, 2.75) is 77.6 Å². The summed E-state index contributed by atoms with van der Waals surface area (Å²) in [5.41, 5.74) is 0. The molecule has 1 atom stereocenters.